The summed E-state index contributed by atoms with van der Waals surface area (Å²) in [5.41, 5.74) is 0.869. The number of rotatable bonds is 9. The third-order valence-electron chi connectivity index (χ3n) is 4.14. The second kappa shape index (κ2) is 7.92. The van der Waals surface area contributed by atoms with Crippen molar-refractivity contribution in [3.8, 4) is 0 Å². The van der Waals surface area contributed by atoms with Gasteiger partial charge in [-0.1, -0.05) is 35.5 Å². The summed E-state index contributed by atoms with van der Waals surface area (Å²) in [6, 6.07) is 8.31. The van der Waals surface area contributed by atoms with Crippen molar-refractivity contribution in [2.75, 3.05) is 0 Å². The van der Waals surface area contributed by atoms with E-state index in [0.717, 1.165) is 24.2 Å². The molecule has 1 fully saturated rings. The predicted molar refractivity (Wildman–Crippen MR) is 88.9 cm³/mol. The van der Waals surface area contributed by atoms with E-state index < -0.39 is 12.0 Å². The molecule has 3 rings (SSSR count). The minimum Gasteiger partial charge on any atom is -0.480 e. The molecule has 25 heavy (non-hydrogen) atoms. The number of carbonyl (C=O) groups is 2. The van der Waals surface area contributed by atoms with Gasteiger partial charge in [-0.15, -0.1) is 0 Å². The summed E-state index contributed by atoms with van der Waals surface area (Å²) in [7, 11) is 0. The molecule has 0 bridgehead atoms. The lowest BCUT2D eigenvalue weighted by molar-refractivity contribution is -0.141. The molecular weight excluding hydrogens is 322 g/mol. The van der Waals surface area contributed by atoms with Crippen molar-refractivity contribution < 1.29 is 19.2 Å². The number of carboxylic acids is 1. The highest BCUT2D eigenvalue weighted by atomic mass is 16.5. The molecule has 2 aromatic rings. The Bertz CT molecular complexity index is 725. The number of aryl methyl sites for hydroxylation is 1. The van der Waals surface area contributed by atoms with Gasteiger partial charge in [-0.25, -0.2) is 4.79 Å². The second-order valence-corrected chi connectivity index (χ2v) is 6.32. The fourth-order valence-electron chi connectivity index (χ4n) is 2.59. The molecule has 132 valence electrons. The van der Waals surface area contributed by atoms with Gasteiger partial charge in [0.05, 0.1) is 0 Å². The Kier molecular flexibility index (Phi) is 5.42. The molecule has 7 heteroatoms. The van der Waals surface area contributed by atoms with Crippen LogP contribution in [0.15, 0.2) is 34.9 Å². The zero-order valence-corrected chi connectivity index (χ0v) is 13.9. The molecule has 1 amide bonds. The van der Waals surface area contributed by atoms with Crippen LogP contribution < -0.4 is 5.32 Å². The number of aliphatic carboxylic acids is 1. The number of benzene rings is 1. The van der Waals surface area contributed by atoms with Crippen molar-refractivity contribution in [3.05, 3.63) is 47.6 Å². The molecule has 0 aliphatic heterocycles. The molecule has 2 N–H and O–H groups in total. The average Bonchev–Trinajstić information content (AvgIpc) is 3.34. The van der Waals surface area contributed by atoms with Crippen LogP contribution in [0.5, 0.6) is 0 Å². The van der Waals surface area contributed by atoms with Crippen molar-refractivity contribution in [2.24, 2.45) is 0 Å². The Morgan fingerprint density at radius 3 is 2.72 bits per heavy atom. The number of aromatic nitrogens is 2. The second-order valence-electron chi connectivity index (χ2n) is 6.32. The van der Waals surface area contributed by atoms with Crippen LogP contribution in [0.25, 0.3) is 0 Å². The van der Waals surface area contributed by atoms with Gasteiger partial charge in [0, 0.05) is 25.2 Å². The maximum atomic E-state index is 12.0. The molecule has 1 atom stereocenters. The van der Waals surface area contributed by atoms with Crippen molar-refractivity contribution in [3.63, 3.8) is 0 Å². The number of amides is 1. The van der Waals surface area contributed by atoms with Gasteiger partial charge in [0.25, 0.3) is 0 Å². The Morgan fingerprint density at radius 2 is 2.04 bits per heavy atom. The number of carbonyl (C=O) groups excluding carboxylic acids is 1. The van der Waals surface area contributed by atoms with Crippen LogP contribution in [0.2, 0.25) is 0 Å². The molecule has 0 spiro atoms. The van der Waals surface area contributed by atoms with E-state index in [9.17, 15) is 14.7 Å². The molecule has 1 aliphatic rings. The third kappa shape index (κ3) is 5.14. The van der Waals surface area contributed by atoms with E-state index in [1.54, 1.807) is 0 Å². The largest absolute Gasteiger partial charge is 0.480 e. The number of carboxylic acid groups (broad SMARTS) is 1. The highest BCUT2D eigenvalue weighted by Crippen LogP contribution is 2.38. The Balaban J connectivity index is 1.43. The minimum absolute atomic E-state index is 0.222. The zero-order valence-electron chi connectivity index (χ0n) is 13.9. The van der Waals surface area contributed by atoms with Crippen molar-refractivity contribution in [1.29, 1.82) is 0 Å². The van der Waals surface area contributed by atoms with Gasteiger partial charge < -0.3 is 14.9 Å². The van der Waals surface area contributed by atoms with E-state index in [2.05, 4.69) is 15.5 Å². The molecule has 0 unspecified atom stereocenters. The van der Waals surface area contributed by atoms with Gasteiger partial charge in [0.1, 0.15) is 6.04 Å². The highest BCUT2D eigenvalue weighted by Gasteiger charge is 2.28. The molecule has 0 radical (unpaired) electrons. The van der Waals surface area contributed by atoms with Gasteiger partial charge in [-0.05, 0) is 24.8 Å². The van der Waals surface area contributed by atoms with Gasteiger partial charge in [0.2, 0.25) is 11.8 Å². The van der Waals surface area contributed by atoms with Crippen molar-refractivity contribution in [1.82, 2.24) is 15.5 Å². The molecule has 1 saturated carbocycles. The summed E-state index contributed by atoms with van der Waals surface area (Å²) < 4.78 is 5.16. The smallest absolute Gasteiger partial charge is 0.326 e. The maximum absolute atomic E-state index is 12.0. The van der Waals surface area contributed by atoms with Crippen LogP contribution in [-0.2, 0) is 22.4 Å². The van der Waals surface area contributed by atoms with E-state index in [0.29, 0.717) is 24.7 Å². The van der Waals surface area contributed by atoms with Crippen LogP contribution in [0.4, 0.5) is 0 Å². The summed E-state index contributed by atoms with van der Waals surface area (Å²) in [6.45, 7) is 0. The first-order chi connectivity index (χ1) is 12.1. The number of hydrogen-bond acceptors (Lipinski definition) is 5. The van der Waals surface area contributed by atoms with E-state index in [-0.39, 0.29) is 18.7 Å². The monoisotopic (exact) mass is 343 g/mol. The van der Waals surface area contributed by atoms with E-state index in [1.165, 1.54) is 0 Å². The fraction of sp³-hybridized carbons (Fsp3) is 0.444. The summed E-state index contributed by atoms with van der Waals surface area (Å²) >= 11 is 0. The lowest BCUT2D eigenvalue weighted by Crippen LogP contribution is -2.42. The van der Waals surface area contributed by atoms with Crippen LogP contribution in [0, 0.1) is 0 Å². The Hall–Kier alpha value is -2.70. The zero-order chi connectivity index (χ0) is 17.6. The van der Waals surface area contributed by atoms with Crippen LogP contribution in [0.3, 0.4) is 0 Å². The highest BCUT2D eigenvalue weighted by molar-refractivity contribution is 5.83. The number of nitrogens with one attached hydrogen (secondary N) is 1. The summed E-state index contributed by atoms with van der Waals surface area (Å²) in [5, 5.41) is 15.8. The summed E-state index contributed by atoms with van der Waals surface area (Å²) in [4.78, 5) is 27.7. The molecular formula is C18H21N3O4. The fourth-order valence-corrected chi connectivity index (χ4v) is 2.59. The third-order valence-corrected chi connectivity index (χ3v) is 4.14. The minimum atomic E-state index is -1.04. The first kappa shape index (κ1) is 17.1. The predicted octanol–water partition coefficient (Wildman–Crippen LogP) is 2.08. The van der Waals surface area contributed by atoms with Crippen LogP contribution in [-0.4, -0.2) is 33.2 Å². The Labute approximate surface area is 145 Å². The quantitative estimate of drug-likeness (QED) is 0.722. The summed E-state index contributed by atoms with van der Waals surface area (Å²) in [5.74, 6) is 0.408. The van der Waals surface area contributed by atoms with E-state index in [1.807, 2.05) is 30.3 Å². The van der Waals surface area contributed by atoms with E-state index in [4.69, 9.17) is 4.52 Å². The molecule has 1 aliphatic carbocycles. The van der Waals surface area contributed by atoms with Crippen LogP contribution >= 0.6 is 0 Å². The molecule has 1 heterocycles. The summed E-state index contributed by atoms with van der Waals surface area (Å²) in [6.07, 6.45) is 3.76. The maximum Gasteiger partial charge on any atom is 0.326 e. The number of nitrogens with zero attached hydrogens (tertiary/aromatic N) is 2. The number of hydrogen-bond donors (Lipinski definition) is 2. The molecule has 1 aromatic carbocycles. The average molecular weight is 343 g/mol. The van der Waals surface area contributed by atoms with Crippen LogP contribution in [0.1, 0.15) is 48.9 Å². The van der Waals surface area contributed by atoms with Gasteiger partial charge >= 0.3 is 5.97 Å². The van der Waals surface area contributed by atoms with Gasteiger partial charge in [-0.3, -0.25) is 4.79 Å². The first-order valence-electron chi connectivity index (χ1n) is 8.50. The Morgan fingerprint density at radius 1 is 1.28 bits per heavy atom. The first-order valence-corrected chi connectivity index (χ1v) is 8.50. The molecule has 7 nitrogen and oxygen atoms in total. The van der Waals surface area contributed by atoms with E-state index >= 15 is 0 Å². The standard InChI is InChI=1S/C18H21N3O4/c22-15(7-4-8-16-20-17(21-25-16)13-9-10-13)19-14(18(23)24)11-12-5-2-1-3-6-12/h1-3,5-6,13-14H,4,7-11H2,(H,19,22)(H,23,24)/t14-/m0/s1. The lowest BCUT2D eigenvalue weighted by atomic mass is 10.1. The van der Waals surface area contributed by atoms with Crippen molar-refractivity contribution >= 4 is 11.9 Å². The van der Waals surface area contributed by atoms with Crippen molar-refractivity contribution in [2.45, 2.75) is 50.5 Å². The SMILES string of the molecule is O=C(CCCc1nc(C2CC2)no1)N[C@@H](Cc1ccccc1)C(=O)O. The lowest BCUT2D eigenvalue weighted by Gasteiger charge is -2.14. The molecule has 0 saturated heterocycles. The molecule has 1 aromatic heterocycles. The topological polar surface area (TPSA) is 105 Å². The normalized spacial score (nSPS) is 14.9. The van der Waals surface area contributed by atoms with Gasteiger partial charge in [0.15, 0.2) is 5.82 Å². The van der Waals surface area contributed by atoms with Gasteiger partial charge in [-0.2, -0.15) is 4.98 Å².